The average Bonchev–Trinajstić information content (AvgIpc) is 2.79. The van der Waals surface area contributed by atoms with Gasteiger partial charge in [-0.15, -0.1) is 0 Å². The van der Waals surface area contributed by atoms with Gasteiger partial charge in [-0.2, -0.15) is 13.2 Å². The molecule has 198 valence electrons. The molecule has 0 unspecified atom stereocenters. The largest absolute Gasteiger partial charge is 0.402 e. The van der Waals surface area contributed by atoms with Gasteiger partial charge in [0.05, 0.1) is 6.42 Å². The van der Waals surface area contributed by atoms with Crippen molar-refractivity contribution in [1.29, 1.82) is 0 Å². The molecule has 5 nitrogen and oxygen atoms in total. The first kappa shape index (κ1) is 32.6. The van der Waals surface area contributed by atoms with E-state index < -0.39 is 12.6 Å². The standard InChI is InChI=1S/C14H16N2O.C9H15NO.C5H7F3/c1-4-11(3)10-12(5-2)14(17)16-13-8-6-7-9-15-13;1-6-7(10)4-9(2,3)5-8(6)11;1-2-3-4-5(6,7)8/h4-9H,1,3,10H2,2H3,(H,15,16,17);4-5,10H2,1-3H3;2-3H,4H2,1H3/b12-5-;;3-2-. The third kappa shape index (κ3) is 14.1. The summed E-state index contributed by atoms with van der Waals surface area (Å²) in [6, 6.07) is 5.36. The van der Waals surface area contributed by atoms with Gasteiger partial charge in [-0.1, -0.05) is 62.9 Å². The highest BCUT2D eigenvalue weighted by atomic mass is 19.4. The van der Waals surface area contributed by atoms with Crippen LogP contribution in [0.25, 0.3) is 0 Å². The van der Waals surface area contributed by atoms with Crippen LogP contribution in [0.15, 0.2) is 84.3 Å². The first-order valence-corrected chi connectivity index (χ1v) is 11.5. The fraction of sp³-hybridized carbons (Fsp3) is 0.393. The molecule has 36 heavy (non-hydrogen) atoms. The first-order chi connectivity index (χ1) is 16.7. The predicted molar refractivity (Wildman–Crippen MR) is 141 cm³/mol. The second-order valence-electron chi connectivity index (χ2n) is 9.00. The third-order valence-corrected chi connectivity index (χ3v) is 5.05. The summed E-state index contributed by atoms with van der Waals surface area (Å²) in [5.74, 6) is 0.592. The number of halogens is 3. The maximum atomic E-state index is 11.9. The molecule has 1 amide bonds. The normalized spacial score (nSPS) is 15.3. The fourth-order valence-corrected chi connectivity index (χ4v) is 2.97. The lowest BCUT2D eigenvalue weighted by atomic mass is 9.76. The summed E-state index contributed by atoms with van der Waals surface area (Å²) >= 11 is 0. The molecule has 2 rings (SSSR count). The maximum Gasteiger partial charge on any atom is 0.392 e. The number of hydrogen-bond acceptors (Lipinski definition) is 4. The number of rotatable bonds is 6. The Hall–Kier alpha value is -3.42. The number of amides is 1. The number of allylic oxidation sites excluding steroid dienone is 7. The number of nitrogens with two attached hydrogens (primary N) is 1. The van der Waals surface area contributed by atoms with Crippen molar-refractivity contribution >= 4 is 17.5 Å². The van der Waals surface area contributed by atoms with E-state index in [1.165, 1.54) is 6.08 Å². The van der Waals surface area contributed by atoms with Crippen molar-refractivity contribution in [3.63, 3.8) is 0 Å². The zero-order chi connectivity index (χ0) is 27.9. The number of aromatic nitrogens is 1. The first-order valence-electron chi connectivity index (χ1n) is 11.5. The van der Waals surface area contributed by atoms with E-state index in [9.17, 15) is 22.8 Å². The molecule has 1 aliphatic rings. The Morgan fingerprint density at radius 2 is 1.89 bits per heavy atom. The van der Waals surface area contributed by atoms with E-state index in [4.69, 9.17) is 5.73 Å². The number of pyridine rings is 1. The van der Waals surface area contributed by atoms with Crippen LogP contribution in [-0.2, 0) is 9.59 Å². The van der Waals surface area contributed by atoms with Crippen molar-refractivity contribution in [3.8, 4) is 0 Å². The number of carbonyl (C=O) groups excluding carboxylic acids is 2. The Bertz CT molecular complexity index is 989. The lowest BCUT2D eigenvalue weighted by Gasteiger charge is -2.29. The monoisotopic (exact) mass is 505 g/mol. The summed E-state index contributed by atoms with van der Waals surface area (Å²) in [6.07, 6.45) is 4.66. The van der Waals surface area contributed by atoms with E-state index in [1.807, 2.05) is 19.9 Å². The summed E-state index contributed by atoms with van der Waals surface area (Å²) < 4.78 is 33.6. The van der Waals surface area contributed by atoms with Gasteiger partial charge in [0, 0.05) is 35.9 Å². The second-order valence-corrected chi connectivity index (χ2v) is 9.00. The number of ketones is 1. The van der Waals surface area contributed by atoms with Crippen LogP contribution in [0, 0.1) is 5.41 Å². The minimum Gasteiger partial charge on any atom is -0.402 e. The van der Waals surface area contributed by atoms with Gasteiger partial charge < -0.3 is 11.1 Å². The van der Waals surface area contributed by atoms with Gasteiger partial charge in [0.15, 0.2) is 5.78 Å². The summed E-state index contributed by atoms with van der Waals surface area (Å²) in [4.78, 5) is 27.2. The van der Waals surface area contributed by atoms with Crippen LogP contribution in [0.1, 0.15) is 60.3 Å². The van der Waals surface area contributed by atoms with Crippen LogP contribution >= 0.6 is 0 Å². The van der Waals surface area contributed by atoms with Crippen molar-refractivity contribution in [3.05, 3.63) is 84.3 Å². The molecule has 0 aliphatic heterocycles. The maximum absolute atomic E-state index is 11.9. The van der Waals surface area contributed by atoms with Crippen LogP contribution in [0.5, 0.6) is 0 Å². The van der Waals surface area contributed by atoms with Crippen LogP contribution < -0.4 is 11.1 Å². The quantitative estimate of drug-likeness (QED) is 0.243. The molecule has 1 aromatic heterocycles. The van der Waals surface area contributed by atoms with Gasteiger partial charge in [-0.25, -0.2) is 4.98 Å². The molecule has 0 aromatic carbocycles. The molecule has 0 saturated carbocycles. The number of nitrogens with one attached hydrogen (secondary N) is 1. The molecule has 0 bridgehead atoms. The van der Waals surface area contributed by atoms with Crippen molar-refractivity contribution in [1.82, 2.24) is 4.98 Å². The Morgan fingerprint density at radius 1 is 1.25 bits per heavy atom. The van der Waals surface area contributed by atoms with E-state index in [0.29, 0.717) is 24.2 Å². The smallest absolute Gasteiger partial charge is 0.392 e. The van der Waals surface area contributed by atoms with Gasteiger partial charge in [0.1, 0.15) is 5.82 Å². The molecule has 3 N–H and O–H groups in total. The van der Waals surface area contributed by atoms with Crippen LogP contribution in [0.3, 0.4) is 0 Å². The molecule has 0 fully saturated rings. The van der Waals surface area contributed by atoms with Crippen molar-refractivity contribution in [2.24, 2.45) is 11.1 Å². The number of anilines is 1. The average molecular weight is 506 g/mol. The Balaban J connectivity index is 0.000000555. The van der Waals surface area contributed by atoms with E-state index >= 15 is 0 Å². The highest BCUT2D eigenvalue weighted by molar-refractivity contribution is 6.03. The minimum absolute atomic E-state index is 0.0701. The van der Waals surface area contributed by atoms with Crippen molar-refractivity contribution < 1.29 is 22.8 Å². The molecule has 8 heteroatoms. The zero-order valence-electron chi connectivity index (χ0n) is 21.8. The topological polar surface area (TPSA) is 85.1 Å². The highest BCUT2D eigenvalue weighted by Gasteiger charge is 2.29. The summed E-state index contributed by atoms with van der Waals surface area (Å²) in [7, 11) is 0. The summed E-state index contributed by atoms with van der Waals surface area (Å²) in [5.41, 5.74) is 8.78. The van der Waals surface area contributed by atoms with Crippen LogP contribution in [-0.4, -0.2) is 22.9 Å². The Labute approximate surface area is 212 Å². The van der Waals surface area contributed by atoms with Gasteiger partial charge in [-0.05, 0) is 44.7 Å². The molecule has 0 radical (unpaired) electrons. The summed E-state index contributed by atoms with van der Waals surface area (Å²) in [6.45, 7) is 16.8. The minimum atomic E-state index is -4.04. The number of hydrogen-bond donors (Lipinski definition) is 2. The van der Waals surface area contributed by atoms with Crippen molar-refractivity contribution in [2.45, 2.75) is 66.5 Å². The Kier molecular flexibility index (Phi) is 14.1. The third-order valence-electron chi connectivity index (χ3n) is 5.05. The van der Waals surface area contributed by atoms with Crippen LogP contribution in [0.4, 0.5) is 19.0 Å². The van der Waals surface area contributed by atoms with Gasteiger partial charge in [0.25, 0.3) is 5.91 Å². The number of alkyl halides is 3. The van der Waals surface area contributed by atoms with Gasteiger partial charge >= 0.3 is 6.18 Å². The SMILES string of the molecule is C/C=C\CC(F)(F)F.C=CC(=C)C/C(=C/C)C(=O)Nc1ccccn1.CC1=C(N)CC(C)(C)CC1=O. The zero-order valence-corrected chi connectivity index (χ0v) is 21.8. The molecule has 0 atom stereocenters. The molecule has 1 aromatic rings. The molecular formula is C28H38F3N3O2. The van der Waals surface area contributed by atoms with Gasteiger partial charge in [0.2, 0.25) is 0 Å². The lowest BCUT2D eigenvalue weighted by Crippen LogP contribution is -2.27. The number of Topliss-reactive ketones (excluding diaryl/α,β-unsaturated/α-hetero) is 1. The second kappa shape index (κ2) is 15.5. The Morgan fingerprint density at radius 3 is 2.31 bits per heavy atom. The van der Waals surface area contributed by atoms with Gasteiger partial charge in [-0.3, -0.25) is 9.59 Å². The fourth-order valence-electron chi connectivity index (χ4n) is 2.97. The van der Waals surface area contributed by atoms with Crippen molar-refractivity contribution in [2.75, 3.05) is 5.32 Å². The van der Waals surface area contributed by atoms with E-state index in [1.54, 1.807) is 37.4 Å². The molecule has 0 saturated heterocycles. The number of nitrogens with zero attached hydrogens (tertiary/aromatic N) is 1. The molecule has 1 heterocycles. The van der Waals surface area contributed by atoms with Crippen LogP contribution in [0.2, 0.25) is 0 Å². The van der Waals surface area contributed by atoms with E-state index in [2.05, 4.69) is 37.3 Å². The molecule has 0 spiro atoms. The van der Waals surface area contributed by atoms with E-state index in [0.717, 1.165) is 29.3 Å². The molecular weight excluding hydrogens is 467 g/mol. The summed E-state index contributed by atoms with van der Waals surface area (Å²) in [5, 5.41) is 2.73. The highest BCUT2D eigenvalue weighted by Crippen LogP contribution is 2.34. The predicted octanol–water partition coefficient (Wildman–Crippen LogP) is 7.22. The van der Waals surface area contributed by atoms with E-state index in [-0.39, 0.29) is 17.1 Å². The number of carbonyl (C=O) groups is 2. The lowest BCUT2D eigenvalue weighted by molar-refractivity contribution is -0.125. The molecule has 1 aliphatic carbocycles.